The summed E-state index contributed by atoms with van der Waals surface area (Å²) in [7, 11) is 0. The number of benzene rings is 1. The standard InChI is InChI=1S/C15H15ClN2O3/c1-10(14(19)17-9-13-3-2-8-21-13)18-15(20)11-4-6-12(16)7-5-11/h2-8,10H,9H2,1H3,(H,17,19)(H,18,20). The van der Waals surface area contributed by atoms with Crippen LogP contribution in [-0.2, 0) is 11.3 Å². The van der Waals surface area contributed by atoms with Crippen molar-refractivity contribution in [1.29, 1.82) is 0 Å². The maximum Gasteiger partial charge on any atom is 0.251 e. The van der Waals surface area contributed by atoms with Gasteiger partial charge in [0.15, 0.2) is 0 Å². The number of furan rings is 1. The van der Waals surface area contributed by atoms with Gasteiger partial charge in [0, 0.05) is 10.6 Å². The smallest absolute Gasteiger partial charge is 0.251 e. The van der Waals surface area contributed by atoms with Gasteiger partial charge in [-0.1, -0.05) is 11.6 Å². The molecule has 2 rings (SSSR count). The molecular formula is C15H15ClN2O3. The first-order valence-corrected chi connectivity index (χ1v) is 6.80. The number of nitrogens with one attached hydrogen (secondary N) is 2. The Bertz CT molecular complexity index is 608. The number of halogens is 1. The summed E-state index contributed by atoms with van der Waals surface area (Å²) < 4.78 is 5.11. The molecule has 1 heterocycles. The first-order chi connectivity index (χ1) is 10.1. The van der Waals surface area contributed by atoms with Crippen LogP contribution in [0.25, 0.3) is 0 Å². The second-order valence-corrected chi connectivity index (χ2v) is 4.94. The molecule has 2 aromatic rings. The van der Waals surface area contributed by atoms with E-state index >= 15 is 0 Å². The van der Waals surface area contributed by atoms with Gasteiger partial charge >= 0.3 is 0 Å². The SMILES string of the molecule is CC(NC(=O)c1ccc(Cl)cc1)C(=O)NCc1ccco1. The largest absolute Gasteiger partial charge is 0.467 e. The van der Waals surface area contributed by atoms with Crippen molar-refractivity contribution in [3.05, 3.63) is 59.0 Å². The molecule has 0 aliphatic rings. The van der Waals surface area contributed by atoms with Crippen LogP contribution < -0.4 is 10.6 Å². The molecule has 5 nitrogen and oxygen atoms in total. The van der Waals surface area contributed by atoms with Gasteiger partial charge in [0.05, 0.1) is 12.8 Å². The minimum Gasteiger partial charge on any atom is -0.467 e. The molecule has 2 amide bonds. The van der Waals surface area contributed by atoms with Gasteiger partial charge < -0.3 is 15.1 Å². The van der Waals surface area contributed by atoms with E-state index < -0.39 is 6.04 Å². The molecule has 1 aromatic heterocycles. The molecule has 0 bridgehead atoms. The van der Waals surface area contributed by atoms with Gasteiger partial charge in [-0.05, 0) is 43.3 Å². The lowest BCUT2D eigenvalue weighted by Crippen LogP contribution is -2.44. The van der Waals surface area contributed by atoms with Crippen LogP contribution in [0.3, 0.4) is 0 Å². The Morgan fingerprint density at radius 3 is 2.57 bits per heavy atom. The highest BCUT2D eigenvalue weighted by atomic mass is 35.5. The van der Waals surface area contributed by atoms with Gasteiger partial charge in [-0.2, -0.15) is 0 Å². The Morgan fingerprint density at radius 1 is 1.24 bits per heavy atom. The van der Waals surface area contributed by atoms with Gasteiger partial charge in [-0.25, -0.2) is 0 Å². The van der Waals surface area contributed by atoms with Crippen LogP contribution in [0.5, 0.6) is 0 Å². The van der Waals surface area contributed by atoms with Gasteiger partial charge in [0.2, 0.25) is 5.91 Å². The third kappa shape index (κ3) is 4.36. The molecule has 21 heavy (non-hydrogen) atoms. The van der Waals surface area contributed by atoms with Crippen molar-refractivity contribution in [3.8, 4) is 0 Å². The third-order valence-electron chi connectivity index (χ3n) is 2.86. The molecule has 1 unspecified atom stereocenters. The fourth-order valence-corrected chi connectivity index (χ4v) is 1.81. The Morgan fingerprint density at radius 2 is 1.95 bits per heavy atom. The van der Waals surface area contributed by atoms with Gasteiger partial charge in [-0.15, -0.1) is 0 Å². The van der Waals surface area contributed by atoms with Gasteiger partial charge in [-0.3, -0.25) is 9.59 Å². The van der Waals surface area contributed by atoms with Crippen LogP contribution in [0.15, 0.2) is 47.1 Å². The molecule has 1 aromatic carbocycles. The quantitative estimate of drug-likeness (QED) is 0.891. The van der Waals surface area contributed by atoms with E-state index in [1.807, 2.05) is 0 Å². The number of carbonyl (C=O) groups excluding carboxylic acids is 2. The molecule has 2 N–H and O–H groups in total. The van der Waals surface area contributed by atoms with Crippen molar-refractivity contribution >= 4 is 23.4 Å². The molecular weight excluding hydrogens is 292 g/mol. The van der Waals surface area contributed by atoms with Gasteiger partial charge in [0.25, 0.3) is 5.91 Å². The van der Waals surface area contributed by atoms with Crippen molar-refractivity contribution in [2.75, 3.05) is 0 Å². The Balaban J connectivity index is 1.85. The summed E-state index contributed by atoms with van der Waals surface area (Å²) >= 11 is 5.76. The molecule has 0 radical (unpaired) electrons. The van der Waals surface area contributed by atoms with Crippen molar-refractivity contribution in [2.45, 2.75) is 19.5 Å². The monoisotopic (exact) mass is 306 g/mol. The highest BCUT2D eigenvalue weighted by Gasteiger charge is 2.16. The van der Waals surface area contributed by atoms with E-state index in [2.05, 4.69) is 10.6 Å². The van der Waals surface area contributed by atoms with Crippen molar-refractivity contribution in [3.63, 3.8) is 0 Å². The van der Waals surface area contributed by atoms with E-state index in [4.69, 9.17) is 16.0 Å². The minimum absolute atomic E-state index is 0.284. The normalized spacial score (nSPS) is 11.7. The van der Waals surface area contributed by atoms with E-state index in [0.717, 1.165) is 0 Å². The lowest BCUT2D eigenvalue weighted by Gasteiger charge is -2.13. The van der Waals surface area contributed by atoms with Crippen molar-refractivity contribution < 1.29 is 14.0 Å². The first-order valence-electron chi connectivity index (χ1n) is 6.43. The summed E-state index contributed by atoms with van der Waals surface area (Å²) in [6, 6.07) is 9.31. The molecule has 0 spiro atoms. The van der Waals surface area contributed by atoms with Crippen molar-refractivity contribution in [1.82, 2.24) is 10.6 Å². The topological polar surface area (TPSA) is 71.3 Å². The second-order valence-electron chi connectivity index (χ2n) is 4.50. The number of carbonyl (C=O) groups is 2. The zero-order chi connectivity index (χ0) is 15.2. The summed E-state index contributed by atoms with van der Waals surface area (Å²) in [5, 5.41) is 5.85. The lowest BCUT2D eigenvalue weighted by molar-refractivity contribution is -0.122. The predicted molar refractivity (Wildman–Crippen MR) is 78.9 cm³/mol. The minimum atomic E-state index is -0.650. The number of hydrogen-bond acceptors (Lipinski definition) is 3. The molecule has 1 atom stereocenters. The zero-order valence-electron chi connectivity index (χ0n) is 11.4. The molecule has 0 saturated carbocycles. The fraction of sp³-hybridized carbons (Fsp3) is 0.200. The Labute approximate surface area is 127 Å². The van der Waals surface area contributed by atoms with Gasteiger partial charge in [0.1, 0.15) is 11.8 Å². The Hall–Kier alpha value is -2.27. The lowest BCUT2D eigenvalue weighted by atomic mass is 10.2. The highest BCUT2D eigenvalue weighted by Crippen LogP contribution is 2.09. The van der Waals surface area contributed by atoms with Crippen LogP contribution in [0.4, 0.5) is 0 Å². The second kappa shape index (κ2) is 6.95. The molecule has 0 saturated heterocycles. The van der Waals surface area contributed by atoms with Crippen LogP contribution in [0, 0.1) is 0 Å². The summed E-state index contributed by atoms with van der Waals surface area (Å²) in [5.74, 6) is 0.0422. The molecule has 0 fully saturated rings. The fourth-order valence-electron chi connectivity index (χ4n) is 1.69. The summed E-state index contributed by atoms with van der Waals surface area (Å²) in [6.07, 6.45) is 1.53. The van der Waals surface area contributed by atoms with E-state index in [1.165, 1.54) is 6.26 Å². The molecule has 0 aliphatic heterocycles. The van der Waals surface area contributed by atoms with Crippen LogP contribution in [0.2, 0.25) is 5.02 Å². The Kier molecular flexibility index (Phi) is 5.00. The first kappa shape index (κ1) is 15.1. The maximum absolute atomic E-state index is 12.0. The van der Waals surface area contributed by atoms with E-state index in [9.17, 15) is 9.59 Å². The highest BCUT2D eigenvalue weighted by molar-refractivity contribution is 6.30. The van der Waals surface area contributed by atoms with E-state index in [0.29, 0.717) is 16.3 Å². The van der Waals surface area contributed by atoms with Crippen LogP contribution in [0.1, 0.15) is 23.0 Å². The molecule has 110 valence electrons. The van der Waals surface area contributed by atoms with Crippen LogP contribution in [-0.4, -0.2) is 17.9 Å². The predicted octanol–water partition coefficient (Wildman–Crippen LogP) is 2.37. The average molecular weight is 307 g/mol. The zero-order valence-corrected chi connectivity index (χ0v) is 12.2. The van der Waals surface area contributed by atoms with E-state index in [1.54, 1.807) is 43.3 Å². The summed E-state index contributed by atoms with van der Waals surface area (Å²) in [5.41, 5.74) is 0.449. The summed E-state index contributed by atoms with van der Waals surface area (Å²) in [4.78, 5) is 23.8. The summed E-state index contributed by atoms with van der Waals surface area (Å²) in [6.45, 7) is 1.90. The average Bonchev–Trinajstić information content (AvgIpc) is 2.98. The third-order valence-corrected chi connectivity index (χ3v) is 3.12. The molecule has 6 heteroatoms. The maximum atomic E-state index is 12.0. The number of rotatable bonds is 5. The number of amides is 2. The number of hydrogen-bond donors (Lipinski definition) is 2. The van der Waals surface area contributed by atoms with E-state index in [-0.39, 0.29) is 18.4 Å². The van der Waals surface area contributed by atoms with Crippen LogP contribution >= 0.6 is 11.6 Å². The van der Waals surface area contributed by atoms with Crippen molar-refractivity contribution in [2.24, 2.45) is 0 Å². The molecule has 0 aliphatic carbocycles.